The Hall–Kier alpha value is -4.07. The van der Waals surface area contributed by atoms with E-state index in [1.807, 2.05) is 18.2 Å². The highest BCUT2D eigenvalue weighted by Crippen LogP contribution is 2.44. The second-order valence-corrected chi connectivity index (χ2v) is 9.05. The first-order chi connectivity index (χ1) is 16.6. The van der Waals surface area contributed by atoms with Crippen molar-refractivity contribution in [3.63, 3.8) is 0 Å². The number of furan rings is 1. The number of nitrogens with one attached hydrogen (secondary N) is 1. The summed E-state index contributed by atoms with van der Waals surface area (Å²) in [4.78, 5) is 27.1. The molecule has 1 N–H and O–H groups in total. The van der Waals surface area contributed by atoms with Gasteiger partial charge in [0.1, 0.15) is 23.0 Å². The van der Waals surface area contributed by atoms with Gasteiger partial charge < -0.3 is 14.6 Å². The average molecular weight is 478 g/mol. The van der Waals surface area contributed by atoms with Gasteiger partial charge in [-0.25, -0.2) is 13.2 Å². The molecule has 0 fully saturated rings. The van der Waals surface area contributed by atoms with E-state index in [0.717, 1.165) is 28.5 Å². The van der Waals surface area contributed by atoms with Crippen molar-refractivity contribution in [2.24, 2.45) is 0 Å². The van der Waals surface area contributed by atoms with Crippen molar-refractivity contribution in [1.29, 1.82) is 0 Å². The quantitative estimate of drug-likeness (QED) is 0.406. The summed E-state index contributed by atoms with van der Waals surface area (Å²) in [5.74, 6) is -3.08. The lowest BCUT2D eigenvalue weighted by molar-refractivity contribution is -0.122. The molecule has 0 aliphatic carbocycles. The molecule has 0 saturated carbocycles. The molecule has 0 atom stereocenters. The second kappa shape index (κ2) is 8.30. The van der Waals surface area contributed by atoms with Crippen LogP contribution in [-0.2, 0) is 23.3 Å². The fourth-order valence-corrected chi connectivity index (χ4v) is 4.48. The molecular weight excluding hydrogens is 457 g/mol. The lowest BCUT2D eigenvalue weighted by Gasteiger charge is -2.21. The van der Waals surface area contributed by atoms with Gasteiger partial charge in [0.05, 0.1) is 29.8 Å². The molecule has 5 nitrogen and oxygen atoms in total. The molecule has 0 bridgehead atoms. The van der Waals surface area contributed by atoms with Gasteiger partial charge in [-0.1, -0.05) is 24.3 Å². The molecule has 2 amide bonds. The SMILES string of the molecule is CC1(C)C(=O)N(Cc2cc(F)cc(F)c2)c2c1ccc(C(=O)NCc1cc3ccccc3o1)c2F. The van der Waals surface area contributed by atoms with Crippen LogP contribution in [0.3, 0.4) is 0 Å². The number of hydrogen-bond acceptors (Lipinski definition) is 3. The number of amides is 2. The van der Waals surface area contributed by atoms with Crippen LogP contribution in [0.5, 0.6) is 0 Å². The molecule has 35 heavy (non-hydrogen) atoms. The minimum absolute atomic E-state index is 0.0424. The molecule has 1 aliphatic heterocycles. The Morgan fingerprint density at radius 3 is 2.43 bits per heavy atom. The van der Waals surface area contributed by atoms with E-state index in [0.29, 0.717) is 16.9 Å². The van der Waals surface area contributed by atoms with Crippen LogP contribution < -0.4 is 10.2 Å². The summed E-state index contributed by atoms with van der Waals surface area (Å²) < 4.78 is 48.8. The van der Waals surface area contributed by atoms with Crippen molar-refractivity contribution < 1.29 is 27.2 Å². The molecular formula is C27H21F3N2O3. The van der Waals surface area contributed by atoms with Gasteiger partial charge in [0.25, 0.3) is 5.91 Å². The molecule has 0 saturated heterocycles. The van der Waals surface area contributed by atoms with Gasteiger partial charge in [0, 0.05) is 11.5 Å². The van der Waals surface area contributed by atoms with E-state index in [1.165, 1.54) is 6.07 Å². The molecule has 8 heteroatoms. The van der Waals surface area contributed by atoms with Gasteiger partial charge in [-0.3, -0.25) is 9.59 Å². The van der Waals surface area contributed by atoms with E-state index in [1.54, 1.807) is 32.0 Å². The topological polar surface area (TPSA) is 62.6 Å². The van der Waals surface area contributed by atoms with E-state index in [9.17, 15) is 18.4 Å². The molecule has 3 aromatic carbocycles. The zero-order chi connectivity index (χ0) is 24.9. The van der Waals surface area contributed by atoms with Crippen molar-refractivity contribution in [2.45, 2.75) is 32.4 Å². The third kappa shape index (κ3) is 3.95. The summed E-state index contributed by atoms with van der Waals surface area (Å²) in [6, 6.07) is 14.9. The first-order valence-electron chi connectivity index (χ1n) is 11.0. The summed E-state index contributed by atoms with van der Waals surface area (Å²) in [5.41, 5.74) is -0.164. The second-order valence-electron chi connectivity index (χ2n) is 9.05. The molecule has 2 heterocycles. The van der Waals surface area contributed by atoms with Gasteiger partial charge in [0.15, 0.2) is 5.82 Å². The molecule has 5 rings (SSSR count). The maximum Gasteiger partial charge on any atom is 0.254 e. The largest absolute Gasteiger partial charge is 0.459 e. The molecule has 0 unspecified atom stereocenters. The van der Waals surface area contributed by atoms with Crippen LogP contribution in [0, 0.1) is 17.5 Å². The molecule has 4 aromatic rings. The highest BCUT2D eigenvalue weighted by Gasteiger charge is 2.46. The predicted molar refractivity (Wildman–Crippen MR) is 124 cm³/mol. The molecule has 178 valence electrons. The minimum atomic E-state index is -1.08. The number of carbonyl (C=O) groups is 2. The summed E-state index contributed by atoms with van der Waals surface area (Å²) in [6.07, 6.45) is 0. The molecule has 1 aromatic heterocycles. The van der Waals surface area contributed by atoms with Crippen LogP contribution >= 0.6 is 0 Å². The van der Waals surface area contributed by atoms with Crippen molar-refractivity contribution in [3.05, 3.63) is 101 Å². The Morgan fingerprint density at radius 2 is 1.71 bits per heavy atom. The summed E-state index contributed by atoms with van der Waals surface area (Å²) in [6.45, 7) is 3.08. The fraction of sp³-hybridized carbons (Fsp3) is 0.185. The fourth-order valence-electron chi connectivity index (χ4n) is 4.48. The molecule has 1 aliphatic rings. The van der Waals surface area contributed by atoms with Gasteiger partial charge in [-0.05, 0) is 55.3 Å². The number of anilines is 1. The highest BCUT2D eigenvalue weighted by molar-refractivity contribution is 6.09. The smallest absolute Gasteiger partial charge is 0.254 e. The zero-order valence-corrected chi connectivity index (χ0v) is 19.0. The Labute approximate surface area is 199 Å². The highest BCUT2D eigenvalue weighted by atomic mass is 19.1. The predicted octanol–water partition coefficient (Wildman–Crippen LogP) is 5.60. The Morgan fingerprint density at radius 1 is 1.00 bits per heavy atom. The van der Waals surface area contributed by atoms with Gasteiger partial charge in [-0.2, -0.15) is 0 Å². The standard InChI is InChI=1S/C27H21F3N2O3/c1-27(2)21-8-7-20(25(33)31-13-19-11-16-5-3-4-6-22(16)35-19)23(30)24(21)32(26(27)34)14-15-9-17(28)12-18(29)10-15/h3-12H,13-14H2,1-2H3,(H,31,33). The van der Waals surface area contributed by atoms with Crippen molar-refractivity contribution in [1.82, 2.24) is 5.32 Å². The van der Waals surface area contributed by atoms with Crippen molar-refractivity contribution in [2.75, 3.05) is 4.90 Å². The van der Waals surface area contributed by atoms with Crippen LogP contribution in [0.25, 0.3) is 11.0 Å². The lowest BCUT2D eigenvalue weighted by atomic mass is 9.85. The van der Waals surface area contributed by atoms with Gasteiger partial charge in [0.2, 0.25) is 5.91 Å². The Balaban J connectivity index is 1.45. The van der Waals surface area contributed by atoms with E-state index in [2.05, 4.69) is 5.32 Å². The third-order valence-electron chi connectivity index (χ3n) is 6.25. The van der Waals surface area contributed by atoms with Crippen molar-refractivity contribution in [3.8, 4) is 0 Å². The number of fused-ring (bicyclic) bond motifs is 2. The Kier molecular flexibility index (Phi) is 5.39. The zero-order valence-electron chi connectivity index (χ0n) is 19.0. The number of nitrogens with zero attached hydrogens (tertiary/aromatic N) is 1. The molecule has 0 spiro atoms. The summed E-state index contributed by atoms with van der Waals surface area (Å²) in [7, 11) is 0. The number of carbonyl (C=O) groups excluding carboxylic acids is 2. The normalized spacial score (nSPS) is 14.4. The van der Waals surface area contributed by atoms with Crippen LogP contribution in [0.2, 0.25) is 0 Å². The number of halogens is 3. The van der Waals surface area contributed by atoms with Gasteiger partial charge in [-0.15, -0.1) is 0 Å². The number of benzene rings is 3. The summed E-state index contributed by atoms with van der Waals surface area (Å²) >= 11 is 0. The van der Waals surface area contributed by atoms with E-state index >= 15 is 4.39 Å². The average Bonchev–Trinajstić information content (AvgIpc) is 3.30. The third-order valence-corrected chi connectivity index (χ3v) is 6.25. The monoisotopic (exact) mass is 478 g/mol. The van der Waals surface area contributed by atoms with E-state index < -0.39 is 34.7 Å². The molecule has 0 radical (unpaired) electrons. The maximum atomic E-state index is 15.7. The number of para-hydroxylation sites is 1. The number of rotatable bonds is 5. The van der Waals surface area contributed by atoms with E-state index in [4.69, 9.17) is 4.42 Å². The van der Waals surface area contributed by atoms with Crippen LogP contribution in [0.1, 0.15) is 41.1 Å². The van der Waals surface area contributed by atoms with E-state index in [-0.39, 0.29) is 29.9 Å². The van der Waals surface area contributed by atoms with Crippen LogP contribution in [0.15, 0.2) is 65.1 Å². The van der Waals surface area contributed by atoms with Crippen LogP contribution in [0.4, 0.5) is 18.9 Å². The number of hydrogen-bond donors (Lipinski definition) is 1. The maximum absolute atomic E-state index is 15.7. The first kappa shape index (κ1) is 22.7. The lowest BCUT2D eigenvalue weighted by Crippen LogP contribution is -2.36. The van der Waals surface area contributed by atoms with Crippen LogP contribution in [-0.4, -0.2) is 11.8 Å². The summed E-state index contributed by atoms with van der Waals surface area (Å²) in [5, 5.41) is 3.52. The first-order valence-corrected chi connectivity index (χ1v) is 11.0. The van der Waals surface area contributed by atoms with Gasteiger partial charge >= 0.3 is 0 Å². The van der Waals surface area contributed by atoms with Crippen molar-refractivity contribution >= 4 is 28.5 Å². The Bertz CT molecular complexity index is 1440. The minimum Gasteiger partial charge on any atom is -0.459 e.